The van der Waals surface area contributed by atoms with Gasteiger partial charge in [-0.2, -0.15) is 0 Å². The average molecular weight is 235 g/mol. The first-order valence-electron chi connectivity index (χ1n) is 5.20. The molecular formula is C12H13NO4. The molecule has 0 aliphatic carbocycles. The van der Waals surface area contributed by atoms with Crippen LogP contribution in [-0.2, 0) is 15.1 Å². The number of hydrogen-bond acceptors (Lipinski definition) is 3. The number of hydrogen-bond donors (Lipinski definition) is 2. The lowest BCUT2D eigenvalue weighted by Gasteiger charge is -2.34. The van der Waals surface area contributed by atoms with E-state index in [2.05, 4.69) is 5.32 Å². The molecule has 17 heavy (non-hydrogen) atoms. The van der Waals surface area contributed by atoms with Crippen LogP contribution in [0, 0.1) is 0 Å². The molecule has 2 unspecified atom stereocenters. The SMILES string of the molecule is CC1(C(=O)O)NC(=O)OC1(C)c1ccccc1. The van der Waals surface area contributed by atoms with Crippen LogP contribution < -0.4 is 5.32 Å². The monoisotopic (exact) mass is 235 g/mol. The molecule has 0 radical (unpaired) electrons. The summed E-state index contributed by atoms with van der Waals surface area (Å²) in [6.45, 7) is 3.03. The van der Waals surface area contributed by atoms with Crippen molar-refractivity contribution in [3.63, 3.8) is 0 Å². The van der Waals surface area contributed by atoms with E-state index in [-0.39, 0.29) is 0 Å². The molecule has 2 rings (SSSR count). The maximum absolute atomic E-state index is 11.4. The molecule has 90 valence electrons. The van der Waals surface area contributed by atoms with Crippen LogP contribution in [0.3, 0.4) is 0 Å². The summed E-state index contributed by atoms with van der Waals surface area (Å²) in [5, 5.41) is 11.7. The standard InChI is InChI=1S/C12H13NO4/c1-11(9(14)15)12(2,17-10(16)13-11)8-6-4-3-5-7-8/h3-7H,1-2H3,(H,13,16)(H,14,15). The minimum absolute atomic E-state index is 0.642. The fourth-order valence-electron chi connectivity index (χ4n) is 2.00. The lowest BCUT2D eigenvalue weighted by molar-refractivity contribution is -0.150. The topological polar surface area (TPSA) is 75.6 Å². The molecule has 5 heteroatoms. The van der Waals surface area contributed by atoms with Crippen molar-refractivity contribution in [2.45, 2.75) is 25.0 Å². The number of rotatable bonds is 2. The Bertz CT molecular complexity index is 473. The van der Waals surface area contributed by atoms with Crippen LogP contribution >= 0.6 is 0 Å². The van der Waals surface area contributed by atoms with Crippen LogP contribution in [-0.4, -0.2) is 22.7 Å². The summed E-state index contributed by atoms with van der Waals surface area (Å²) in [5.41, 5.74) is -2.06. The van der Waals surface area contributed by atoms with E-state index < -0.39 is 23.2 Å². The fraction of sp³-hybridized carbons (Fsp3) is 0.333. The first-order chi connectivity index (χ1) is 7.90. The highest BCUT2D eigenvalue weighted by molar-refractivity contribution is 5.89. The highest BCUT2D eigenvalue weighted by Crippen LogP contribution is 2.40. The van der Waals surface area contributed by atoms with Gasteiger partial charge in [0.2, 0.25) is 0 Å². The average Bonchev–Trinajstić information content (AvgIpc) is 2.53. The first-order valence-corrected chi connectivity index (χ1v) is 5.20. The zero-order valence-corrected chi connectivity index (χ0v) is 9.56. The summed E-state index contributed by atoms with van der Waals surface area (Å²) in [5.74, 6) is -1.13. The summed E-state index contributed by atoms with van der Waals surface area (Å²) in [6.07, 6.45) is -0.721. The van der Waals surface area contributed by atoms with Gasteiger partial charge in [-0.15, -0.1) is 0 Å². The number of ether oxygens (including phenoxy) is 1. The Labute approximate surface area is 98.4 Å². The summed E-state index contributed by atoms with van der Waals surface area (Å²) in [4.78, 5) is 22.7. The third-order valence-corrected chi connectivity index (χ3v) is 3.36. The van der Waals surface area contributed by atoms with Gasteiger partial charge < -0.3 is 15.2 Å². The molecule has 1 fully saturated rings. The number of aliphatic carboxylic acids is 1. The molecule has 1 aromatic rings. The van der Waals surface area contributed by atoms with Crippen molar-refractivity contribution in [3.8, 4) is 0 Å². The highest BCUT2D eigenvalue weighted by Gasteiger charge is 2.60. The molecule has 0 aromatic heterocycles. The lowest BCUT2D eigenvalue weighted by Crippen LogP contribution is -2.57. The predicted molar refractivity (Wildman–Crippen MR) is 59.5 cm³/mol. The van der Waals surface area contributed by atoms with Gasteiger partial charge in [-0.1, -0.05) is 30.3 Å². The van der Waals surface area contributed by atoms with Crippen LogP contribution in [0.1, 0.15) is 19.4 Å². The number of carbonyl (C=O) groups excluding carboxylic acids is 1. The first kappa shape index (κ1) is 11.4. The molecule has 1 aromatic carbocycles. The number of cyclic esters (lactones) is 1. The van der Waals surface area contributed by atoms with Crippen LogP contribution in [0.5, 0.6) is 0 Å². The maximum Gasteiger partial charge on any atom is 0.409 e. The molecule has 1 saturated heterocycles. The van der Waals surface area contributed by atoms with E-state index in [1.54, 1.807) is 31.2 Å². The molecule has 1 amide bonds. The van der Waals surface area contributed by atoms with Crippen molar-refractivity contribution in [1.29, 1.82) is 0 Å². The smallest absolute Gasteiger partial charge is 0.409 e. The van der Waals surface area contributed by atoms with Gasteiger partial charge in [0.1, 0.15) is 0 Å². The van der Waals surface area contributed by atoms with Crippen molar-refractivity contribution in [2.75, 3.05) is 0 Å². The van der Waals surface area contributed by atoms with Gasteiger partial charge in [-0.05, 0) is 19.4 Å². The second-order valence-electron chi connectivity index (χ2n) is 4.34. The van der Waals surface area contributed by atoms with E-state index >= 15 is 0 Å². The Kier molecular flexibility index (Phi) is 2.34. The van der Waals surface area contributed by atoms with Crippen LogP contribution in [0.15, 0.2) is 30.3 Å². The zero-order valence-electron chi connectivity index (χ0n) is 9.56. The van der Waals surface area contributed by atoms with E-state index in [1.165, 1.54) is 6.92 Å². The molecule has 0 saturated carbocycles. The number of nitrogens with one attached hydrogen (secondary N) is 1. The summed E-state index contributed by atoms with van der Waals surface area (Å²) in [7, 11) is 0. The van der Waals surface area contributed by atoms with Gasteiger partial charge in [-0.3, -0.25) is 0 Å². The second kappa shape index (κ2) is 3.48. The van der Waals surface area contributed by atoms with Crippen molar-refractivity contribution in [1.82, 2.24) is 5.32 Å². The van der Waals surface area contributed by atoms with Crippen molar-refractivity contribution >= 4 is 12.1 Å². The third kappa shape index (κ3) is 1.46. The van der Waals surface area contributed by atoms with Crippen molar-refractivity contribution in [3.05, 3.63) is 35.9 Å². The Morgan fingerprint density at radius 3 is 2.41 bits per heavy atom. The minimum Gasteiger partial charge on any atom is -0.479 e. The minimum atomic E-state index is -1.48. The van der Waals surface area contributed by atoms with Crippen molar-refractivity contribution in [2.24, 2.45) is 0 Å². The predicted octanol–water partition coefficient (Wildman–Crippen LogP) is 1.48. The second-order valence-corrected chi connectivity index (χ2v) is 4.34. The molecule has 0 spiro atoms. The molecule has 1 aliphatic rings. The molecule has 5 nitrogen and oxygen atoms in total. The van der Waals surface area contributed by atoms with Gasteiger partial charge in [-0.25, -0.2) is 9.59 Å². The van der Waals surface area contributed by atoms with E-state index in [0.717, 1.165) is 0 Å². The number of alkyl carbamates (subject to hydrolysis) is 1. The number of carboxylic acid groups (broad SMARTS) is 1. The summed E-state index contributed by atoms with van der Waals surface area (Å²) >= 11 is 0. The van der Waals surface area contributed by atoms with Crippen LogP contribution in [0.2, 0.25) is 0 Å². The van der Waals surface area contributed by atoms with E-state index in [1.807, 2.05) is 6.07 Å². The van der Waals surface area contributed by atoms with E-state index in [9.17, 15) is 14.7 Å². The molecule has 2 N–H and O–H groups in total. The van der Waals surface area contributed by atoms with E-state index in [4.69, 9.17) is 4.74 Å². The molecule has 2 atom stereocenters. The molecular weight excluding hydrogens is 222 g/mol. The number of carboxylic acids is 1. The van der Waals surface area contributed by atoms with Crippen LogP contribution in [0.4, 0.5) is 4.79 Å². The number of carbonyl (C=O) groups is 2. The van der Waals surface area contributed by atoms with Gasteiger partial charge >= 0.3 is 12.1 Å². The van der Waals surface area contributed by atoms with Gasteiger partial charge in [0.25, 0.3) is 0 Å². The van der Waals surface area contributed by atoms with Gasteiger partial charge in [0, 0.05) is 0 Å². The quantitative estimate of drug-likeness (QED) is 0.814. The summed E-state index contributed by atoms with van der Waals surface area (Å²) in [6, 6.07) is 8.84. The van der Waals surface area contributed by atoms with Gasteiger partial charge in [0.05, 0.1) is 0 Å². The fourth-order valence-corrected chi connectivity index (χ4v) is 2.00. The molecule has 1 aliphatic heterocycles. The van der Waals surface area contributed by atoms with E-state index in [0.29, 0.717) is 5.56 Å². The summed E-state index contributed by atoms with van der Waals surface area (Å²) < 4.78 is 5.18. The van der Waals surface area contributed by atoms with Gasteiger partial charge in [0.15, 0.2) is 11.1 Å². The highest BCUT2D eigenvalue weighted by atomic mass is 16.6. The molecule has 0 bridgehead atoms. The normalized spacial score (nSPS) is 31.8. The van der Waals surface area contributed by atoms with Crippen LogP contribution in [0.25, 0.3) is 0 Å². The number of benzene rings is 1. The van der Waals surface area contributed by atoms with Crippen molar-refractivity contribution < 1.29 is 19.4 Å². The Hall–Kier alpha value is -2.04. The zero-order chi connectivity index (χ0) is 12.7. The Morgan fingerprint density at radius 1 is 1.29 bits per heavy atom. The Balaban J connectivity index is 2.55. The largest absolute Gasteiger partial charge is 0.479 e. The Morgan fingerprint density at radius 2 is 1.88 bits per heavy atom. The lowest BCUT2D eigenvalue weighted by atomic mass is 9.78. The maximum atomic E-state index is 11.4. The molecule has 1 heterocycles. The number of amides is 1. The third-order valence-electron chi connectivity index (χ3n) is 3.36.